The number of nitrogens with zero attached hydrogens (tertiary/aromatic N) is 3. The molecule has 214 valence electrons. The van der Waals surface area contributed by atoms with E-state index in [4.69, 9.17) is 30.8 Å². The molecule has 1 heterocycles. The lowest BCUT2D eigenvalue weighted by molar-refractivity contribution is 0.284. The molecule has 0 fully saturated rings. The number of halogens is 1. The molecule has 0 bridgehead atoms. The molecule has 42 heavy (non-hydrogen) atoms. The second-order valence-corrected chi connectivity index (χ2v) is 10.6. The summed E-state index contributed by atoms with van der Waals surface area (Å²) >= 11 is 6.44. The Labute approximate surface area is 250 Å². The normalized spacial score (nSPS) is 11.4. The first-order valence-electron chi connectivity index (χ1n) is 13.6. The van der Waals surface area contributed by atoms with Crippen molar-refractivity contribution in [3.8, 4) is 28.6 Å². The predicted molar refractivity (Wildman–Crippen MR) is 169 cm³/mol. The molecule has 7 nitrogen and oxygen atoms in total. The summed E-state index contributed by atoms with van der Waals surface area (Å²) in [6.45, 7) is 6.47. The monoisotopic (exact) mass is 581 g/mol. The van der Waals surface area contributed by atoms with Gasteiger partial charge in [-0.25, -0.2) is 4.98 Å². The fraction of sp³-hybridized carbons (Fsp3) is 0.206. The molecule has 0 spiro atoms. The molecule has 0 N–H and O–H groups in total. The minimum Gasteiger partial charge on any atom is -0.496 e. The zero-order chi connectivity index (χ0) is 29.8. The number of rotatable bonds is 9. The molecule has 5 rings (SSSR count). The Morgan fingerprint density at radius 3 is 2.38 bits per heavy atom. The van der Waals surface area contributed by atoms with Gasteiger partial charge in [-0.3, -0.25) is 4.79 Å². The topological polar surface area (TPSA) is 74.9 Å². The van der Waals surface area contributed by atoms with E-state index in [0.29, 0.717) is 45.4 Å². The summed E-state index contributed by atoms with van der Waals surface area (Å²) in [6, 6.07) is 24.5. The quantitative estimate of drug-likeness (QED) is 0.167. The summed E-state index contributed by atoms with van der Waals surface area (Å²) in [5.41, 5.74) is 4.52. The molecular formula is C34H32ClN3O4. The Morgan fingerprint density at radius 2 is 1.67 bits per heavy atom. The minimum absolute atomic E-state index is 0.187. The van der Waals surface area contributed by atoms with Gasteiger partial charge in [0.2, 0.25) is 0 Å². The SMILES string of the molecule is COc1cc(C)c(-c2nc3ccccc3c(=O)n2N=Cc2cc(Cl)cc(OC)c2OCc2ccccc2)cc1C(C)C. The first-order valence-corrected chi connectivity index (χ1v) is 14.0. The van der Waals surface area contributed by atoms with Crippen LogP contribution in [0.5, 0.6) is 17.2 Å². The summed E-state index contributed by atoms with van der Waals surface area (Å²) in [5, 5.41) is 5.58. The average Bonchev–Trinajstić information content (AvgIpc) is 2.99. The summed E-state index contributed by atoms with van der Waals surface area (Å²) < 4.78 is 18.8. The van der Waals surface area contributed by atoms with E-state index < -0.39 is 0 Å². The lowest BCUT2D eigenvalue weighted by atomic mass is 9.96. The molecule has 0 aliphatic carbocycles. The van der Waals surface area contributed by atoms with Gasteiger partial charge in [0.1, 0.15) is 12.4 Å². The number of ether oxygens (including phenoxy) is 3. The van der Waals surface area contributed by atoms with Gasteiger partial charge in [-0.15, -0.1) is 0 Å². The van der Waals surface area contributed by atoms with Crippen LogP contribution in [0.4, 0.5) is 0 Å². The number of hydrogen-bond acceptors (Lipinski definition) is 6. The van der Waals surface area contributed by atoms with Gasteiger partial charge in [-0.05, 0) is 59.9 Å². The van der Waals surface area contributed by atoms with E-state index in [1.807, 2.05) is 67.6 Å². The maximum Gasteiger partial charge on any atom is 0.282 e. The smallest absolute Gasteiger partial charge is 0.282 e. The van der Waals surface area contributed by atoms with Crippen LogP contribution in [0.3, 0.4) is 0 Å². The van der Waals surface area contributed by atoms with E-state index in [-0.39, 0.29) is 11.5 Å². The number of aryl methyl sites for hydroxylation is 1. The molecule has 0 unspecified atom stereocenters. The number of fused-ring (bicyclic) bond motifs is 1. The number of para-hydroxylation sites is 1. The van der Waals surface area contributed by atoms with Gasteiger partial charge in [0.15, 0.2) is 17.3 Å². The van der Waals surface area contributed by atoms with E-state index in [1.165, 1.54) is 4.68 Å². The molecule has 5 aromatic rings. The first kappa shape index (κ1) is 28.9. The van der Waals surface area contributed by atoms with Gasteiger partial charge >= 0.3 is 0 Å². The summed E-state index contributed by atoms with van der Waals surface area (Å²) in [4.78, 5) is 18.8. The van der Waals surface area contributed by atoms with Crippen molar-refractivity contribution >= 4 is 28.7 Å². The third-order valence-corrected chi connectivity index (χ3v) is 7.22. The molecule has 0 saturated carbocycles. The highest BCUT2D eigenvalue weighted by molar-refractivity contribution is 6.31. The van der Waals surface area contributed by atoms with Crippen molar-refractivity contribution in [2.45, 2.75) is 33.3 Å². The van der Waals surface area contributed by atoms with Gasteiger partial charge in [0, 0.05) is 22.2 Å². The maximum atomic E-state index is 13.9. The minimum atomic E-state index is -0.297. The molecule has 4 aromatic carbocycles. The summed E-state index contributed by atoms with van der Waals surface area (Å²) in [7, 11) is 3.21. The lowest BCUT2D eigenvalue weighted by Crippen LogP contribution is -2.21. The van der Waals surface area contributed by atoms with Crippen LogP contribution in [-0.2, 0) is 6.61 Å². The average molecular weight is 582 g/mol. The van der Waals surface area contributed by atoms with Crippen LogP contribution in [0.1, 0.15) is 42.0 Å². The molecule has 8 heteroatoms. The Bertz CT molecular complexity index is 1830. The third kappa shape index (κ3) is 5.87. The van der Waals surface area contributed by atoms with E-state index in [9.17, 15) is 4.79 Å². The Morgan fingerprint density at radius 1 is 0.952 bits per heavy atom. The number of hydrogen-bond donors (Lipinski definition) is 0. The number of methoxy groups -OCH3 is 2. The van der Waals surface area contributed by atoms with Crippen molar-refractivity contribution in [3.05, 3.63) is 116 Å². The standard InChI is InChI=1S/C34H32ClN3O4/c1-21(2)27-18-28(22(3)15-30(27)40-4)33-37-29-14-10-9-13-26(29)34(39)38(33)36-19-24-16-25(35)17-31(41-5)32(24)42-20-23-11-7-6-8-12-23/h6-19,21H,20H2,1-5H3. The van der Waals surface area contributed by atoms with Crippen LogP contribution in [0.2, 0.25) is 5.02 Å². The molecule has 0 aliphatic rings. The highest BCUT2D eigenvalue weighted by Crippen LogP contribution is 2.36. The molecule has 0 aliphatic heterocycles. The van der Waals surface area contributed by atoms with E-state index in [2.05, 4.69) is 18.9 Å². The Kier molecular flexibility index (Phi) is 8.59. The van der Waals surface area contributed by atoms with Crippen molar-refractivity contribution < 1.29 is 14.2 Å². The fourth-order valence-electron chi connectivity index (χ4n) is 4.81. The Balaban J connectivity index is 1.69. The predicted octanol–water partition coefficient (Wildman–Crippen LogP) is 7.63. The van der Waals surface area contributed by atoms with Gasteiger partial charge in [-0.1, -0.05) is 67.9 Å². The van der Waals surface area contributed by atoms with Crippen LogP contribution in [0.25, 0.3) is 22.3 Å². The van der Waals surface area contributed by atoms with E-state index in [1.54, 1.807) is 38.6 Å². The molecule has 0 amide bonds. The largest absolute Gasteiger partial charge is 0.496 e. The first-order chi connectivity index (χ1) is 20.3. The zero-order valence-corrected chi connectivity index (χ0v) is 25.0. The summed E-state index contributed by atoms with van der Waals surface area (Å²) in [5.74, 6) is 2.30. The molecular weight excluding hydrogens is 550 g/mol. The molecule has 1 aromatic heterocycles. The van der Waals surface area contributed by atoms with Gasteiger partial charge in [-0.2, -0.15) is 9.78 Å². The van der Waals surface area contributed by atoms with Crippen LogP contribution in [0.15, 0.2) is 88.8 Å². The fourth-order valence-corrected chi connectivity index (χ4v) is 5.03. The zero-order valence-electron chi connectivity index (χ0n) is 24.2. The lowest BCUT2D eigenvalue weighted by Gasteiger charge is -2.17. The molecule has 0 saturated heterocycles. The van der Waals surface area contributed by atoms with E-state index in [0.717, 1.165) is 28.0 Å². The second kappa shape index (κ2) is 12.5. The van der Waals surface area contributed by atoms with Crippen molar-refractivity contribution in [1.82, 2.24) is 9.66 Å². The number of benzene rings is 4. The van der Waals surface area contributed by atoms with E-state index >= 15 is 0 Å². The molecule has 0 atom stereocenters. The molecule has 0 radical (unpaired) electrons. The van der Waals surface area contributed by atoms with Gasteiger partial charge < -0.3 is 14.2 Å². The Hall–Kier alpha value is -4.62. The highest BCUT2D eigenvalue weighted by Gasteiger charge is 2.19. The van der Waals surface area contributed by atoms with Crippen molar-refractivity contribution in [2.75, 3.05) is 14.2 Å². The van der Waals surface area contributed by atoms with Crippen LogP contribution < -0.4 is 19.8 Å². The van der Waals surface area contributed by atoms with Crippen LogP contribution in [0, 0.1) is 6.92 Å². The number of aromatic nitrogens is 2. The van der Waals surface area contributed by atoms with Gasteiger partial charge in [0.25, 0.3) is 5.56 Å². The van der Waals surface area contributed by atoms with Crippen molar-refractivity contribution in [3.63, 3.8) is 0 Å². The highest BCUT2D eigenvalue weighted by atomic mass is 35.5. The van der Waals surface area contributed by atoms with Crippen LogP contribution >= 0.6 is 11.6 Å². The third-order valence-electron chi connectivity index (χ3n) is 7.00. The van der Waals surface area contributed by atoms with Crippen LogP contribution in [-0.4, -0.2) is 30.1 Å². The van der Waals surface area contributed by atoms with Crippen molar-refractivity contribution in [2.24, 2.45) is 5.10 Å². The summed E-state index contributed by atoms with van der Waals surface area (Å²) in [6.07, 6.45) is 1.55. The van der Waals surface area contributed by atoms with Crippen molar-refractivity contribution in [1.29, 1.82) is 0 Å². The van der Waals surface area contributed by atoms with Gasteiger partial charge in [0.05, 0.1) is 31.3 Å². The second-order valence-electron chi connectivity index (χ2n) is 10.2. The maximum absolute atomic E-state index is 13.9.